The lowest BCUT2D eigenvalue weighted by Gasteiger charge is -2.26. The van der Waals surface area contributed by atoms with Gasteiger partial charge in [0.25, 0.3) is 11.7 Å². The molecule has 1 aliphatic rings. The van der Waals surface area contributed by atoms with Crippen LogP contribution in [0.2, 0.25) is 0 Å². The van der Waals surface area contributed by atoms with Crippen LogP contribution in [0, 0.1) is 6.92 Å². The van der Waals surface area contributed by atoms with Crippen molar-refractivity contribution >= 4 is 17.4 Å². The molecule has 0 spiro atoms. The van der Waals surface area contributed by atoms with Crippen LogP contribution in [0.15, 0.2) is 78.4 Å². The van der Waals surface area contributed by atoms with Gasteiger partial charge in [-0.15, -0.1) is 0 Å². The molecule has 3 aromatic rings. The van der Waals surface area contributed by atoms with E-state index in [1.165, 1.54) is 0 Å². The van der Waals surface area contributed by atoms with E-state index in [1.54, 1.807) is 48.4 Å². The Labute approximate surface area is 223 Å². The van der Waals surface area contributed by atoms with Crippen molar-refractivity contribution in [3.63, 3.8) is 0 Å². The van der Waals surface area contributed by atoms with Gasteiger partial charge in [0.15, 0.2) is 0 Å². The molecule has 198 valence electrons. The first-order valence-electron chi connectivity index (χ1n) is 12.6. The smallest absolute Gasteiger partial charge is 0.295 e. The van der Waals surface area contributed by atoms with Gasteiger partial charge in [0.2, 0.25) is 0 Å². The zero-order chi connectivity index (χ0) is 27.2. The number of aliphatic hydroxyl groups excluding tert-OH is 1. The highest BCUT2D eigenvalue weighted by molar-refractivity contribution is 6.46. The van der Waals surface area contributed by atoms with E-state index in [9.17, 15) is 14.7 Å². The van der Waals surface area contributed by atoms with E-state index in [0.717, 1.165) is 17.7 Å². The molecule has 1 heterocycles. The van der Waals surface area contributed by atoms with Crippen LogP contribution in [-0.2, 0) is 16.2 Å². The summed E-state index contributed by atoms with van der Waals surface area (Å²) in [5.41, 5.74) is 3.43. The minimum atomic E-state index is -0.718. The second-order valence-corrected chi connectivity index (χ2v) is 9.73. The number of ketones is 1. The first kappa shape index (κ1) is 26.9. The zero-order valence-corrected chi connectivity index (χ0v) is 22.3. The maximum Gasteiger partial charge on any atom is 0.295 e. The number of carbonyl (C=O) groups is 2. The first-order chi connectivity index (χ1) is 18.3. The average molecular weight is 515 g/mol. The molecule has 0 unspecified atom stereocenters. The molecule has 1 atom stereocenters. The van der Waals surface area contributed by atoms with E-state index in [0.29, 0.717) is 42.2 Å². The molecule has 1 aliphatic heterocycles. The lowest BCUT2D eigenvalue weighted by atomic mass is 9.95. The number of ether oxygens (including phenoxy) is 2. The van der Waals surface area contributed by atoms with Crippen LogP contribution < -0.4 is 9.47 Å². The number of hydrogen-bond acceptors (Lipinski definition) is 6. The minimum absolute atomic E-state index is 0.0709. The molecule has 0 aliphatic carbocycles. The van der Waals surface area contributed by atoms with E-state index in [4.69, 9.17) is 9.47 Å². The van der Waals surface area contributed by atoms with E-state index in [2.05, 4.69) is 6.07 Å². The Morgan fingerprint density at radius 3 is 2.39 bits per heavy atom. The monoisotopic (exact) mass is 514 g/mol. The van der Waals surface area contributed by atoms with E-state index in [-0.39, 0.29) is 11.3 Å². The Hall–Kier alpha value is -4.10. The van der Waals surface area contributed by atoms with E-state index >= 15 is 0 Å². The van der Waals surface area contributed by atoms with Crippen molar-refractivity contribution in [1.29, 1.82) is 0 Å². The number of carbonyl (C=O) groups excluding carboxylic acids is 2. The molecule has 1 N–H and O–H groups in total. The van der Waals surface area contributed by atoms with Crippen molar-refractivity contribution in [2.75, 3.05) is 34.3 Å². The van der Waals surface area contributed by atoms with Gasteiger partial charge >= 0.3 is 0 Å². The maximum absolute atomic E-state index is 13.2. The summed E-state index contributed by atoms with van der Waals surface area (Å²) in [6.45, 7) is 3.59. The van der Waals surface area contributed by atoms with Gasteiger partial charge in [-0.3, -0.25) is 9.59 Å². The Balaban J connectivity index is 1.64. The molecule has 1 fully saturated rings. The molecule has 0 bridgehead atoms. The van der Waals surface area contributed by atoms with E-state index < -0.39 is 17.7 Å². The molecule has 3 aromatic carbocycles. The molecule has 4 rings (SSSR count). The van der Waals surface area contributed by atoms with Crippen LogP contribution in [-0.4, -0.2) is 60.9 Å². The fourth-order valence-corrected chi connectivity index (χ4v) is 4.66. The average Bonchev–Trinajstić information content (AvgIpc) is 3.17. The number of rotatable bonds is 10. The van der Waals surface area contributed by atoms with Crippen LogP contribution >= 0.6 is 0 Å². The SMILES string of the molecule is COc1cccc([C@@H]2C(=C(O)c3ccc(OCc4cccc(C)c4)cc3)C(=O)C(=O)N2CCCN(C)C)c1. The normalized spacial score (nSPS) is 16.8. The molecule has 7 nitrogen and oxygen atoms in total. The Morgan fingerprint density at radius 2 is 1.71 bits per heavy atom. The van der Waals surface area contributed by atoms with Gasteiger partial charge in [0.1, 0.15) is 23.9 Å². The summed E-state index contributed by atoms with van der Waals surface area (Å²) < 4.78 is 11.3. The number of aliphatic hydroxyl groups is 1. The number of benzene rings is 3. The number of amides is 1. The third kappa shape index (κ3) is 6.06. The van der Waals surface area contributed by atoms with Crippen LogP contribution in [0.1, 0.15) is 34.7 Å². The Kier molecular flexibility index (Phi) is 8.48. The predicted molar refractivity (Wildman–Crippen MR) is 147 cm³/mol. The highest BCUT2D eigenvalue weighted by atomic mass is 16.5. The Morgan fingerprint density at radius 1 is 0.974 bits per heavy atom. The summed E-state index contributed by atoms with van der Waals surface area (Å²) in [6, 6.07) is 21.5. The van der Waals surface area contributed by atoms with Crippen molar-refractivity contribution in [3.05, 3.63) is 101 Å². The summed E-state index contributed by atoms with van der Waals surface area (Å²) in [7, 11) is 5.49. The molecule has 0 saturated carbocycles. The quantitative estimate of drug-likeness (QED) is 0.234. The topological polar surface area (TPSA) is 79.3 Å². The second kappa shape index (κ2) is 12.0. The van der Waals surface area contributed by atoms with Gasteiger partial charge in [0, 0.05) is 12.1 Å². The third-order valence-corrected chi connectivity index (χ3v) is 6.57. The fourth-order valence-electron chi connectivity index (χ4n) is 4.66. The van der Waals surface area contributed by atoms with Crippen LogP contribution in [0.4, 0.5) is 0 Å². The van der Waals surface area contributed by atoms with Gasteiger partial charge in [0.05, 0.1) is 18.7 Å². The van der Waals surface area contributed by atoms with Crippen LogP contribution in [0.3, 0.4) is 0 Å². The molecule has 7 heteroatoms. The molecule has 38 heavy (non-hydrogen) atoms. The first-order valence-corrected chi connectivity index (χ1v) is 12.6. The van der Waals surface area contributed by atoms with Crippen LogP contribution in [0.25, 0.3) is 5.76 Å². The van der Waals surface area contributed by atoms with Gasteiger partial charge in [-0.05, 0) is 81.5 Å². The summed E-state index contributed by atoms with van der Waals surface area (Å²) in [6.07, 6.45) is 0.688. The molecule has 1 saturated heterocycles. The number of likely N-dealkylation sites (tertiary alicyclic amines) is 1. The molecule has 0 radical (unpaired) electrons. The maximum atomic E-state index is 13.2. The number of aryl methyl sites for hydroxylation is 1. The van der Waals surface area contributed by atoms with E-state index in [1.807, 2.05) is 56.3 Å². The summed E-state index contributed by atoms with van der Waals surface area (Å²) in [5.74, 6) is -0.277. The highest BCUT2D eigenvalue weighted by Gasteiger charge is 2.45. The van der Waals surface area contributed by atoms with Crippen molar-refractivity contribution in [2.45, 2.75) is 26.0 Å². The van der Waals surface area contributed by atoms with Gasteiger partial charge in [-0.1, -0.05) is 42.0 Å². The van der Waals surface area contributed by atoms with Gasteiger partial charge in [-0.2, -0.15) is 0 Å². The summed E-state index contributed by atoms with van der Waals surface area (Å²) >= 11 is 0. The number of Topliss-reactive ketones (excluding diaryl/α,β-unsaturated/α-hetero) is 1. The third-order valence-electron chi connectivity index (χ3n) is 6.57. The van der Waals surface area contributed by atoms with Crippen LogP contribution in [0.5, 0.6) is 11.5 Å². The largest absolute Gasteiger partial charge is 0.507 e. The molecular formula is C31H34N2O5. The fraction of sp³-hybridized carbons (Fsp3) is 0.290. The summed E-state index contributed by atoms with van der Waals surface area (Å²) in [4.78, 5) is 29.9. The van der Waals surface area contributed by atoms with Crippen molar-refractivity contribution in [2.24, 2.45) is 0 Å². The number of nitrogens with zero attached hydrogens (tertiary/aromatic N) is 2. The molecule has 1 amide bonds. The predicted octanol–water partition coefficient (Wildman–Crippen LogP) is 4.96. The lowest BCUT2D eigenvalue weighted by molar-refractivity contribution is -0.139. The van der Waals surface area contributed by atoms with Crippen molar-refractivity contribution < 1.29 is 24.2 Å². The second-order valence-electron chi connectivity index (χ2n) is 9.73. The molecule has 0 aromatic heterocycles. The molecular weight excluding hydrogens is 480 g/mol. The van der Waals surface area contributed by atoms with Gasteiger partial charge in [-0.25, -0.2) is 0 Å². The highest BCUT2D eigenvalue weighted by Crippen LogP contribution is 2.40. The summed E-state index contributed by atoms with van der Waals surface area (Å²) in [5, 5.41) is 11.3. The standard InChI is InChI=1S/C31H34N2O5/c1-21-8-5-9-22(18-21)20-38-25-14-12-23(13-15-25)29(34)27-28(24-10-6-11-26(19-24)37-4)33(31(36)30(27)35)17-7-16-32(2)3/h5-6,8-15,18-19,28,34H,7,16-17,20H2,1-4H3/t28-/m1/s1. The zero-order valence-electron chi connectivity index (χ0n) is 22.3. The van der Waals surface area contributed by atoms with Gasteiger partial charge < -0.3 is 24.4 Å². The minimum Gasteiger partial charge on any atom is -0.507 e. The number of hydrogen-bond donors (Lipinski definition) is 1. The lowest BCUT2D eigenvalue weighted by Crippen LogP contribution is -2.32. The van der Waals surface area contributed by atoms with Crippen molar-refractivity contribution in [1.82, 2.24) is 9.80 Å². The Bertz CT molecular complexity index is 1330. The number of methoxy groups -OCH3 is 1. The van der Waals surface area contributed by atoms with Crippen molar-refractivity contribution in [3.8, 4) is 11.5 Å².